The number of benzene rings is 2. The van der Waals surface area contributed by atoms with Crippen LogP contribution in [0.4, 0.5) is 0 Å². The van der Waals surface area contributed by atoms with Gasteiger partial charge in [0.1, 0.15) is 18.2 Å². The van der Waals surface area contributed by atoms with Crippen molar-refractivity contribution in [3.05, 3.63) is 71.8 Å². The van der Waals surface area contributed by atoms with Crippen molar-refractivity contribution in [3.8, 4) is 0 Å². The lowest BCUT2D eigenvalue weighted by Crippen LogP contribution is -2.86. The van der Waals surface area contributed by atoms with E-state index in [1.165, 1.54) is 12.1 Å². The first-order chi connectivity index (χ1) is 11.0. The molecule has 0 saturated carbocycles. The van der Waals surface area contributed by atoms with Crippen LogP contribution in [0.1, 0.15) is 30.3 Å². The predicted molar refractivity (Wildman–Crippen MR) is 85.1 cm³/mol. The Morgan fingerprint density at radius 3 is 1.78 bits per heavy atom. The molecule has 2 rings (SSSR count). The third-order valence-electron chi connectivity index (χ3n) is 3.50. The highest BCUT2D eigenvalue weighted by Crippen LogP contribution is 2.13. The highest BCUT2D eigenvalue weighted by Gasteiger charge is 2.16. The number of aliphatic hydroxyl groups is 2. The van der Waals surface area contributed by atoms with E-state index in [1.807, 2.05) is 49.6 Å². The molecule has 0 saturated heterocycles. The van der Waals surface area contributed by atoms with Crippen LogP contribution in [0.3, 0.4) is 0 Å². The quantitative estimate of drug-likeness (QED) is 0.710. The zero-order valence-electron chi connectivity index (χ0n) is 13.3. The van der Waals surface area contributed by atoms with E-state index in [0.29, 0.717) is 5.56 Å². The van der Waals surface area contributed by atoms with E-state index in [9.17, 15) is 15.0 Å². The van der Waals surface area contributed by atoms with Gasteiger partial charge in [0.05, 0.1) is 13.0 Å². The fraction of sp³-hybridized carbons (Fsp3) is 0.278. The molecule has 0 amide bonds. The highest BCUT2D eigenvalue weighted by molar-refractivity contribution is 5.71. The molecule has 0 radical (unpaired) electrons. The summed E-state index contributed by atoms with van der Waals surface area (Å²) in [5.74, 6) is -1.48. The summed E-state index contributed by atoms with van der Waals surface area (Å²) in [6.07, 6.45) is -1.88. The van der Waals surface area contributed by atoms with E-state index >= 15 is 0 Å². The Labute approximate surface area is 136 Å². The number of carbonyl (C=O) groups excluding carboxylic acids is 1. The number of aliphatic hydroxyl groups excluding tert-OH is 2. The molecule has 2 aromatic carbocycles. The molecule has 0 unspecified atom stereocenters. The number of carbonyl (C=O) groups is 1. The van der Waals surface area contributed by atoms with Crippen molar-refractivity contribution in [2.45, 2.75) is 25.2 Å². The van der Waals surface area contributed by atoms with Gasteiger partial charge in [0.15, 0.2) is 0 Å². The average Bonchev–Trinajstić information content (AvgIpc) is 2.61. The lowest BCUT2D eigenvalue weighted by atomic mass is 10.0. The molecule has 0 aliphatic carbocycles. The first-order valence-corrected chi connectivity index (χ1v) is 7.43. The van der Waals surface area contributed by atoms with Gasteiger partial charge in [0.2, 0.25) is 0 Å². The SMILES string of the molecule is C[NH2+][C@@H](C)[C@H](O)c1ccccc1.O=C([O-])[C@H](O)c1ccccc1. The Bertz CT molecular complexity index is 574. The van der Waals surface area contributed by atoms with Crippen LogP contribution in [0.25, 0.3) is 0 Å². The average molecular weight is 317 g/mol. The second kappa shape index (κ2) is 9.74. The maximum absolute atomic E-state index is 10.1. The molecule has 0 aliphatic rings. The number of hydrogen-bond acceptors (Lipinski definition) is 4. The van der Waals surface area contributed by atoms with Gasteiger partial charge in [-0.2, -0.15) is 0 Å². The zero-order chi connectivity index (χ0) is 17.2. The minimum Gasteiger partial charge on any atom is -0.547 e. The molecule has 4 N–H and O–H groups in total. The van der Waals surface area contributed by atoms with Crippen LogP contribution in [-0.4, -0.2) is 29.3 Å². The van der Waals surface area contributed by atoms with Crippen molar-refractivity contribution >= 4 is 5.97 Å². The molecule has 3 atom stereocenters. The van der Waals surface area contributed by atoms with Gasteiger partial charge < -0.3 is 25.4 Å². The van der Waals surface area contributed by atoms with Crippen LogP contribution < -0.4 is 10.4 Å². The van der Waals surface area contributed by atoms with Gasteiger partial charge in [-0.3, -0.25) is 0 Å². The zero-order valence-corrected chi connectivity index (χ0v) is 13.3. The Morgan fingerprint density at radius 2 is 1.39 bits per heavy atom. The minimum atomic E-state index is -1.52. The summed E-state index contributed by atoms with van der Waals surface area (Å²) >= 11 is 0. The van der Waals surface area contributed by atoms with Crippen molar-refractivity contribution in [3.63, 3.8) is 0 Å². The molecular formula is C18H23NO4. The monoisotopic (exact) mass is 317 g/mol. The number of aliphatic carboxylic acids is 1. The largest absolute Gasteiger partial charge is 0.547 e. The maximum atomic E-state index is 10.1. The standard InChI is InChI=1S/C10H15NO.C8H8O3/c1-8(11-2)10(12)9-6-4-3-5-7-9;9-7(8(10)11)6-4-2-1-3-5-6/h3-8,10-12H,1-2H3;1-5,7,9H,(H,10,11)/t8-,10-;7-/m01/s1. The Kier molecular flexibility index (Phi) is 7.97. The molecule has 23 heavy (non-hydrogen) atoms. The topological polar surface area (TPSA) is 97.2 Å². The molecule has 0 aliphatic heterocycles. The molecule has 0 heterocycles. The smallest absolute Gasteiger partial charge is 0.130 e. The summed E-state index contributed by atoms with van der Waals surface area (Å²) in [5.41, 5.74) is 1.33. The van der Waals surface area contributed by atoms with Crippen LogP contribution in [0.2, 0.25) is 0 Å². The number of rotatable bonds is 5. The van der Waals surface area contributed by atoms with E-state index in [-0.39, 0.29) is 12.1 Å². The van der Waals surface area contributed by atoms with Gasteiger partial charge in [0, 0.05) is 0 Å². The van der Waals surface area contributed by atoms with E-state index in [4.69, 9.17) is 5.11 Å². The van der Waals surface area contributed by atoms with Crippen molar-refractivity contribution in [1.82, 2.24) is 0 Å². The van der Waals surface area contributed by atoms with E-state index in [2.05, 4.69) is 0 Å². The van der Waals surface area contributed by atoms with Crippen molar-refractivity contribution < 1.29 is 25.4 Å². The van der Waals surface area contributed by atoms with Gasteiger partial charge in [-0.15, -0.1) is 0 Å². The predicted octanol–water partition coefficient (Wildman–Crippen LogP) is -0.228. The summed E-state index contributed by atoms with van der Waals surface area (Å²) in [4.78, 5) is 10.1. The summed E-state index contributed by atoms with van der Waals surface area (Å²) in [6.45, 7) is 2.01. The third-order valence-corrected chi connectivity index (χ3v) is 3.50. The summed E-state index contributed by atoms with van der Waals surface area (Å²) < 4.78 is 0. The highest BCUT2D eigenvalue weighted by atomic mass is 16.4. The van der Waals surface area contributed by atoms with Crippen LogP contribution in [0, 0.1) is 0 Å². The number of likely N-dealkylation sites (N-methyl/N-ethyl adjacent to an activating group) is 1. The lowest BCUT2D eigenvalue weighted by Gasteiger charge is -2.15. The van der Waals surface area contributed by atoms with E-state index in [1.54, 1.807) is 18.2 Å². The van der Waals surface area contributed by atoms with Gasteiger partial charge in [-0.05, 0) is 18.1 Å². The molecule has 124 valence electrons. The molecule has 0 fully saturated rings. The van der Waals surface area contributed by atoms with Crippen molar-refractivity contribution in [2.24, 2.45) is 0 Å². The fourth-order valence-electron chi connectivity index (χ4n) is 1.91. The molecule has 5 heteroatoms. The van der Waals surface area contributed by atoms with Gasteiger partial charge in [-0.25, -0.2) is 0 Å². The number of hydrogen-bond donors (Lipinski definition) is 3. The van der Waals surface area contributed by atoms with Gasteiger partial charge >= 0.3 is 0 Å². The Balaban J connectivity index is 0.000000231. The maximum Gasteiger partial charge on any atom is 0.130 e. The molecule has 0 spiro atoms. The summed E-state index contributed by atoms with van der Waals surface area (Å²) in [5, 5.41) is 30.8. The molecule has 0 aromatic heterocycles. The van der Waals surface area contributed by atoms with Gasteiger partial charge in [0.25, 0.3) is 0 Å². The van der Waals surface area contributed by atoms with Crippen molar-refractivity contribution in [2.75, 3.05) is 7.05 Å². The van der Waals surface area contributed by atoms with Crippen molar-refractivity contribution in [1.29, 1.82) is 0 Å². The lowest BCUT2D eigenvalue weighted by molar-refractivity contribution is -0.669. The van der Waals surface area contributed by atoms with Crippen LogP contribution in [0.15, 0.2) is 60.7 Å². The summed E-state index contributed by atoms with van der Waals surface area (Å²) in [7, 11) is 1.97. The fourth-order valence-corrected chi connectivity index (χ4v) is 1.91. The Hall–Kier alpha value is -2.21. The second-order valence-electron chi connectivity index (χ2n) is 5.18. The molecular weight excluding hydrogens is 294 g/mol. The first-order valence-electron chi connectivity index (χ1n) is 7.43. The first kappa shape index (κ1) is 18.8. The molecule has 2 aromatic rings. The van der Waals surface area contributed by atoms with Crippen LogP contribution >= 0.6 is 0 Å². The van der Waals surface area contributed by atoms with E-state index in [0.717, 1.165) is 5.56 Å². The molecule has 0 bridgehead atoms. The third kappa shape index (κ3) is 6.20. The van der Waals surface area contributed by atoms with Crippen LogP contribution in [-0.2, 0) is 4.79 Å². The molecule has 5 nitrogen and oxygen atoms in total. The minimum absolute atomic E-state index is 0.215. The van der Waals surface area contributed by atoms with Gasteiger partial charge in [-0.1, -0.05) is 60.7 Å². The number of carboxylic acid groups (broad SMARTS) is 1. The van der Waals surface area contributed by atoms with Crippen LogP contribution in [0.5, 0.6) is 0 Å². The summed E-state index contributed by atoms with van der Waals surface area (Å²) in [6, 6.07) is 18.1. The second-order valence-corrected chi connectivity index (χ2v) is 5.18. The Morgan fingerprint density at radius 1 is 0.957 bits per heavy atom. The number of quaternary nitrogens is 1. The number of carboxylic acids is 1. The number of nitrogens with two attached hydrogens (primary N) is 1. The normalized spacial score (nSPS) is 14.1. The van der Waals surface area contributed by atoms with E-state index < -0.39 is 12.1 Å².